The molecule has 0 amide bonds. The van der Waals surface area contributed by atoms with Crippen molar-refractivity contribution in [2.24, 2.45) is 0 Å². The predicted octanol–water partition coefficient (Wildman–Crippen LogP) is 3.40. The van der Waals surface area contributed by atoms with Crippen molar-refractivity contribution in [2.75, 3.05) is 23.7 Å². The molecule has 3 N–H and O–H groups in total. The number of benzene rings is 1. The van der Waals surface area contributed by atoms with Gasteiger partial charge in [-0.05, 0) is 37.5 Å². The summed E-state index contributed by atoms with van der Waals surface area (Å²) in [7, 11) is 0. The van der Waals surface area contributed by atoms with Crippen molar-refractivity contribution < 1.29 is 0 Å². The van der Waals surface area contributed by atoms with E-state index in [-0.39, 0.29) is 11.4 Å². The Hall–Kier alpha value is -3.39. The van der Waals surface area contributed by atoms with Crippen molar-refractivity contribution >= 4 is 34.3 Å². The lowest BCUT2D eigenvalue weighted by molar-refractivity contribution is 0.568. The van der Waals surface area contributed by atoms with Crippen molar-refractivity contribution in [3.8, 4) is 16.9 Å². The summed E-state index contributed by atoms with van der Waals surface area (Å²) in [5, 5.41) is 7.73. The molecule has 4 heterocycles. The van der Waals surface area contributed by atoms with E-state index < -0.39 is 0 Å². The minimum atomic E-state index is -0.293. The fraction of sp³-hybridized carbons (Fsp3) is 0.238. The van der Waals surface area contributed by atoms with E-state index in [9.17, 15) is 4.79 Å². The van der Waals surface area contributed by atoms with Crippen LogP contribution in [0, 0.1) is 0 Å². The first-order valence-electron chi connectivity index (χ1n) is 9.86. The maximum Gasteiger partial charge on any atom is 0.268 e. The van der Waals surface area contributed by atoms with Crippen LogP contribution in [-0.2, 0) is 0 Å². The SMILES string of the molecule is Nc1n[nH]c2c(-c3ccnc(N4CCCCC4)n3)cn(-c3ccccc3Cl)c(=O)c12. The maximum atomic E-state index is 13.2. The van der Waals surface area contributed by atoms with Crippen molar-refractivity contribution in [2.45, 2.75) is 19.3 Å². The molecule has 30 heavy (non-hydrogen) atoms. The zero-order chi connectivity index (χ0) is 20.7. The second-order valence-corrected chi connectivity index (χ2v) is 7.72. The molecule has 0 spiro atoms. The van der Waals surface area contributed by atoms with Gasteiger partial charge in [-0.3, -0.25) is 14.5 Å². The topological polar surface area (TPSA) is 106 Å². The van der Waals surface area contributed by atoms with Gasteiger partial charge in [0.2, 0.25) is 5.95 Å². The Kier molecular flexibility index (Phi) is 4.63. The van der Waals surface area contributed by atoms with Gasteiger partial charge in [0.25, 0.3) is 5.56 Å². The summed E-state index contributed by atoms with van der Waals surface area (Å²) in [6.45, 7) is 1.88. The third kappa shape index (κ3) is 3.09. The quantitative estimate of drug-likeness (QED) is 0.525. The molecule has 1 aromatic carbocycles. The van der Waals surface area contributed by atoms with Gasteiger partial charge in [0, 0.05) is 31.0 Å². The molecule has 1 aliphatic rings. The van der Waals surface area contributed by atoms with Crippen LogP contribution >= 0.6 is 11.6 Å². The van der Waals surface area contributed by atoms with Crippen molar-refractivity contribution in [3.63, 3.8) is 0 Å². The van der Waals surface area contributed by atoms with Crippen LogP contribution in [0.3, 0.4) is 0 Å². The first-order chi connectivity index (χ1) is 14.6. The molecule has 1 fully saturated rings. The van der Waals surface area contributed by atoms with Crippen LogP contribution in [0.2, 0.25) is 5.02 Å². The number of para-hydroxylation sites is 1. The number of rotatable bonds is 3. The highest BCUT2D eigenvalue weighted by atomic mass is 35.5. The number of H-pyrrole nitrogens is 1. The van der Waals surface area contributed by atoms with Crippen molar-refractivity contribution in [1.29, 1.82) is 0 Å². The van der Waals surface area contributed by atoms with E-state index in [4.69, 9.17) is 22.3 Å². The highest BCUT2D eigenvalue weighted by molar-refractivity contribution is 6.32. The van der Waals surface area contributed by atoms with E-state index in [1.54, 1.807) is 24.5 Å². The molecule has 8 nitrogen and oxygen atoms in total. The Morgan fingerprint density at radius 3 is 2.70 bits per heavy atom. The van der Waals surface area contributed by atoms with Crippen LogP contribution in [0.15, 0.2) is 47.5 Å². The Morgan fingerprint density at radius 1 is 1.10 bits per heavy atom. The second kappa shape index (κ2) is 7.46. The van der Waals surface area contributed by atoms with Gasteiger partial charge in [0.05, 0.1) is 21.9 Å². The van der Waals surface area contributed by atoms with E-state index >= 15 is 0 Å². The monoisotopic (exact) mass is 421 g/mol. The van der Waals surface area contributed by atoms with Crippen LogP contribution in [0.1, 0.15) is 19.3 Å². The Morgan fingerprint density at radius 2 is 1.90 bits per heavy atom. The van der Waals surface area contributed by atoms with Gasteiger partial charge in [-0.25, -0.2) is 9.97 Å². The number of hydrogen-bond acceptors (Lipinski definition) is 6. The van der Waals surface area contributed by atoms with Crippen LogP contribution in [-0.4, -0.2) is 37.8 Å². The summed E-state index contributed by atoms with van der Waals surface area (Å²) in [6, 6.07) is 8.99. The number of nitrogens with two attached hydrogens (primary N) is 1. The van der Waals surface area contributed by atoms with E-state index in [0.717, 1.165) is 25.9 Å². The summed E-state index contributed by atoms with van der Waals surface area (Å²) in [4.78, 5) is 24.6. The molecular formula is C21H20ClN7O. The predicted molar refractivity (Wildman–Crippen MR) is 118 cm³/mol. The summed E-state index contributed by atoms with van der Waals surface area (Å²) < 4.78 is 1.49. The fourth-order valence-electron chi connectivity index (χ4n) is 3.91. The van der Waals surface area contributed by atoms with Gasteiger partial charge in [-0.15, -0.1) is 0 Å². The normalized spacial score (nSPS) is 14.4. The Bertz CT molecular complexity index is 1290. The Balaban J connectivity index is 1.73. The minimum Gasteiger partial charge on any atom is -0.382 e. The summed E-state index contributed by atoms with van der Waals surface area (Å²) >= 11 is 6.37. The third-order valence-electron chi connectivity index (χ3n) is 5.42. The molecule has 1 aliphatic heterocycles. The molecule has 0 bridgehead atoms. The van der Waals surface area contributed by atoms with Gasteiger partial charge in [-0.1, -0.05) is 23.7 Å². The Labute approximate surface area is 177 Å². The van der Waals surface area contributed by atoms with Crippen molar-refractivity contribution in [1.82, 2.24) is 24.7 Å². The smallest absolute Gasteiger partial charge is 0.268 e. The lowest BCUT2D eigenvalue weighted by atomic mass is 10.1. The largest absolute Gasteiger partial charge is 0.382 e. The number of nitrogens with one attached hydrogen (secondary N) is 1. The average Bonchev–Trinajstić information content (AvgIpc) is 3.17. The van der Waals surface area contributed by atoms with E-state index in [2.05, 4.69) is 20.1 Å². The zero-order valence-electron chi connectivity index (χ0n) is 16.2. The molecule has 0 aliphatic carbocycles. The molecular weight excluding hydrogens is 402 g/mol. The van der Waals surface area contributed by atoms with Gasteiger partial charge in [-0.2, -0.15) is 5.10 Å². The number of aromatic nitrogens is 5. The maximum absolute atomic E-state index is 13.2. The van der Waals surface area contributed by atoms with Crippen LogP contribution < -0.4 is 16.2 Å². The number of aromatic amines is 1. The number of nitrogens with zero attached hydrogens (tertiary/aromatic N) is 5. The first kappa shape index (κ1) is 18.6. The van der Waals surface area contributed by atoms with E-state index in [1.807, 2.05) is 18.2 Å². The average molecular weight is 422 g/mol. The number of fused-ring (bicyclic) bond motifs is 1. The second-order valence-electron chi connectivity index (χ2n) is 7.32. The summed E-state index contributed by atoms with van der Waals surface area (Å²) in [5.74, 6) is 0.825. The highest BCUT2D eigenvalue weighted by Crippen LogP contribution is 2.29. The number of pyridine rings is 1. The first-order valence-corrected chi connectivity index (χ1v) is 10.2. The molecule has 3 aromatic heterocycles. The standard InChI is InChI=1S/C21H20ClN7O/c22-14-6-2-3-7-16(14)29-12-13(18-17(20(29)30)19(23)27-26-18)15-8-9-24-21(25-15)28-10-4-1-5-11-28/h2-3,6-9,12H,1,4-5,10-11H2,(H3,23,26,27). The van der Waals surface area contributed by atoms with Crippen molar-refractivity contribution in [3.05, 3.63) is 58.1 Å². The fourth-order valence-corrected chi connectivity index (χ4v) is 4.13. The van der Waals surface area contributed by atoms with Crippen LogP contribution in [0.5, 0.6) is 0 Å². The molecule has 0 radical (unpaired) electrons. The number of piperidine rings is 1. The summed E-state index contributed by atoms with van der Waals surface area (Å²) in [6.07, 6.45) is 6.96. The van der Waals surface area contributed by atoms with Gasteiger partial charge >= 0.3 is 0 Å². The molecule has 0 unspecified atom stereocenters. The van der Waals surface area contributed by atoms with Crippen LogP contribution in [0.25, 0.3) is 27.8 Å². The number of hydrogen-bond donors (Lipinski definition) is 2. The molecule has 9 heteroatoms. The molecule has 0 atom stereocenters. The number of nitrogen functional groups attached to an aromatic ring is 1. The molecule has 1 saturated heterocycles. The van der Waals surface area contributed by atoms with Gasteiger partial charge < -0.3 is 10.6 Å². The zero-order valence-corrected chi connectivity index (χ0v) is 16.9. The lowest BCUT2D eigenvalue weighted by Crippen LogP contribution is -2.31. The highest BCUT2D eigenvalue weighted by Gasteiger charge is 2.20. The lowest BCUT2D eigenvalue weighted by Gasteiger charge is -2.26. The third-order valence-corrected chi connectivity index (χ3v) is 5.74. The van der Waals surface area contributed by atoms with Crippen LogP contribution in [0.4, 0.5) is 11.8 Å². The van der Waals surface area contributed by atoms with Gasteiger partial charge in [0.15, 0.2) is 5.82 Å². The van der Waals surface area contributed by atoms with E-state index in [1.165, 1.54) is 11.0 Å². The molecule has 152 valence electrons. The molecule has 4 aromatic rings. The minimum absolute atomic E-state index is 0.142. The summed E-state index contributed by atoms with van der Waals surface area (Å²) in [5.41, 5.74) is 8.23. The van der Waals surface area contributed by atoms with E-state index in [0.29, 0.717) is 38.8 Å². The number of halogens is 1. The molecule has 0 saturated carbocycles. The molecule has 5 rings (SSSR count). The number of anilines is 2. The van der Waals surface area contributed by atoms with Gasteiger partial charge in [0.1, 0.15) is 5.39 Å².